The highest BCUT2D eigenvalue weighted by Gasteiger charge is 2.21. The molecule has 0 aliphatic heterocycles. The Balaban J connectivity index is 2.15. The van der Waals surface area contributed by atoms with Crippen LogP contribution in [0.2, 0.25) is 0 Å². The number of para-hydroxylation sites is 2. The molecule has 0 aliphatic rings. The summed E-state index contributed by atoms with van der Waals surface area (Å²) >= 11 is 0. The van der Waals surface area contributed by atoms with Crippen LogP contribution in [0.1, 0.15) is 112 Å². The Kier molecular flexibility index (Phi) is 9.53. The van der Waals surface area contributed by atoms with Crippen LogP contribution in [-0.4, -0.2) is 11.4 Å². The van der Waals surface area contributed by atoms with E-state index < -0.39 is 0 Å². The van der Waals surface area contributed by atoms with Gasteiger partial charge in [-0.05, 0) is 45.9 Å². The number of benzene rings is 4. The summed E-state index contributed by atoms with van der Waals surface area (Å²) in [6.45, 7) is 18.0. The normalized spacial score (nSPS) is 12.7. The monoisotopic (exact) mass is 528 g/mol. The SMILES string of the molecule is CC(C)c1cccc(C(C)C)c1/N=C(\C(=N/c1c(C(C)C)cccc1C(C)C)c1ccccc1)c1ccccc1. The highest BCUT2D eigenvalue weighted by molar-refractivity contribution is 6.54. The number of rotatable bonds is 9. The average Bonchev–Trinajstić information content (AvgIpc) is 2.95. The van der Waals surface area contributed by atoms with Crippen molar-refractivity contribution >= 4 is 22.8 Å². The molecule has 4 aromatic rings. The first kappa shape index (κ1) is 29.2. The van der Waals surface area contributed by atoms with Crippen LogP contribution in [0.25, 0.3) is 0 Å². The fraction of sp³-hybridized carbons (Fsp3) is 0.316. The molecule has 0 amide bonds. The lowest BCUT2D eigenvalue weighted by atomic mass is 9.91. The van der Waals surface area contributed by atoms with E-state index in [-0.39, 0.29) is 0 Å². The molecule has 0 heterocycles. The summed E-state index contributed by atoms with van der Waals surface area (Å²) in [5.74, 6) is 1.39. The molecule has 2 heteroatoms. The third-order valence-corrected chi connectivity index (χ3v) is 7.45. The van der Waals surface area contributed by atoms with Crippen LogP contribution in [0.4, 0.5) is 11.4 Å². The molecule has 2 nitrogen and oxygen atoms in total. The van der Waals surface area contributed by atoms with Gasteiger partial charge < -0.3 is 0 Å². The minimum absolute atomic E-state index is 0.348. The lowest BCUT2D eigenvalue weighted by molar-refractivity contribution is 0.834. The molecule has 0 N–H and O–H groups in total. The molecule has 0 aliphatic carbocycles. The van der Waals surface area contributed by atoms with Crippen molar-refractivity contribution in [1.29, 1.82) is 0 Å². The summed E-state index contributed by atoms with van der Waals surface area (Å²) in [4.78, 5) is 11.2. The predicted molar refractivity (Wildman–Crippen MR) is 175 cm³/mol. The average molecular weight is 529 g/mol. The molecule has 0 radical (unpaired) electrons. The van der Waals surface area contributed by atoms with Crippen molar-refractivity contribution in [3.8, 4) is 0 Å². The maximum atomic E-state index is 5.58. The zero-order valence-corrected chi connectivity index (χ0v) is 25.4. The Morgan fingerprint density at radius 3 is 0.900 bits per heavy atom. The Labute approximate surface area is 242 Å². The summed E-state index contributed by atoms with van der Waals surface area (Å²) in [5.41, 5.74) is 11.1. The molecule has 0 aromatic heterocycles. The first-order valence-electron chi connectivity index (χ1n) is 14.7. The summed E-state index contributed by atoms with van der Waals surface area (Å²) in [6.07, 6.45) is 0. The second kappa shape index (κ2) is 13.0. The van der Waals surface area contributed by atoms with Gasteiger partial charge in [-0.25, -0.2) is 9.98 Å². The molecule has 0 fully saturated rings. The Bertz CT molecular complexity index is 1310. The van der Waals surface area contributed by atoms with Gasteiger partial charge in [0.15, 0.2) is 0 Å². The molecule has 4 aromatic carbocycles. The second-order valence-corrected chi connectivity index (χ2v) is 11.8. The van der Waals surface area contributed by atoms with E-state index >= 15 is 0 Å². The van der Waals surface area contributed by atoms with Crippen LogP contribution < -0.4 is 0 Å². The molecule has 206 valence electrons. The fourth-order valence-corrected chi connectivity index (χ4v) is 5.21. The van der Waals surface area contributed by atoms with E-state index in [2.05, 4.69) is 152 Å². The van der Waals surface area contributed by atoms with E-state index in [1.807, 2.05) is 0 Å². The summed E-state index contributed by atoms with van der Waals surface area (Å²) in [6, 6.07) is 34.3. The third-order valence-electron chi connectivity index (χ3n) is 7.45. The van der Waals surface area contributed by atoms with Crippen LogP contribution in [0.5, 0.6) is 0 Å². The largest absolute Gasteiger partial charge is 0.246 e. The van der Waals surface area contributed by atoms with Crippen molar-refractivity contribution in [2.24, 2.45) is 9.98 Å². The highest BCUT2D eigenvalue weighted by Crippen LogP contribution is 2.38. The van der Waals surface area contributed by atoms with Crippen LogP contribution in [0.3, 0.4) is 0 Å². The van der Waals surface area contributed by atoms with E-state index in [0.29, 0.717) is 23.7 Å². The summed E-state index contributed by atoms with van der Waals surface area (Å²) < 4.78 is 0. The van der Waals surface area contributed by atoms with E-state index in [0.717, 1.165) is 33.9 Å². The standard InChI is InChI=1S/C38H44N2/c1-25(2)31-21-15-22-32(26(3)4)37(31)39-35(29-17-11-9-12-18-29)36(30-19-13-10-14-20-30)40-38-33(27(5)6)23-16-24-34(38)28(7)8/h9-28H,1-8H3/b39-35-,40-36-. The van der Waals surface area contributed by atoms with E-state index in [1.165, 1.54) is 22.3 Å². The van der Waals surface area contributed by atoms with Crippen molar-refractivity contribution in [1.82, 2.24) is 0 Å². The molecule has 0 saturated heterocycles. The molecule has 0 atom stereocenters. The van der Waals surface area contributed by atoms with Gasteiger partial charge in [-0.3, -0.25) is 0 Å². The molecule has 0 unspecified atom stereocenters. The molecule has 40 heavy (non-hydrogen) atoms. The van der Waals surface area contributed by atoms with Crippen molar-refractivity contribution in [3.63, 3.8) is 0 Å². The van der Waals surface area contributed by atoms with Crippen molar-refractivity contribution < 1.29 is 0 Å². The Hall–Kier alpha value is -3.78. The molecule has 0 saturated carbocycles. The lowest BCUT2D eigenvalue weighted by Gasteiger charge is -2.21. The van der Waals surface area contributed by atoms with Crippen LogP contribution >= 0.6 is 0 Å². The zero-order valence-electron chi connectivity index (χ0n) is 25.4. The minimum Gasteiger partial charge on any atom is -0.246 e. The van der Waals surface area contributed by atoms with Gasteiger partial charge in [0.1, 0.15) is 0 Å². The predicted octanol–water partition coefficient (Wildman–Crippen LogP) is 11.1. The molecule has 0 bridgehead atoms. The molecule has 0 spiro atoms. The van der Waals surface area contributed by atoms with Crippen LogP contribution in [0, 0.1) is 0 Å². The summed E-state index contributed by atoms with van der Waals surface area (Å²) in [7, 11) is 0. The van der Waals surface area contributed by atoms with E-state index in [1.54, 1.807) is 0 Å². The number of nitrogens with zero attached hydrogens (tertiary/aromatic N) is 2. The number of hydrogen-bond donors (Lipinski definition) is 0. The minimum atomic E-state index is 0.348. The molecule has 4 rings (SSSR count). The lowest BCUT2D eigenvalue weighted by Crippen LogP contribution is -2.18. The van der Waals surface area contributed by atoms with Crippen molar-refractivity contribution in [2.45, 2.75) is 79.1 Å². The van der Waals surface area contributed by atoms with Gasteiger partial charge in [-0.15, -0.1) is 0 Å². The smallest absolute Gasteiger partial charge is 0.0972 e. The van der Waals surface area contributed by atoms with E-state index in [4.69, 9.17) is 9.98 Å². The highest BCUT2D eigenvalue weighted by atomic mass is 14.8. The maximum absolute atomic E-state index is 5.58. The maximum Gasteiger partial charge on any atom is 0.0972 e. The van der Waals surface area contributed by atoms with Crippen LogP contribution in [-0.2, 0) is 0 Å². The van der Waals surface area contributed by atoms with Gasteiger partial charge in [-0.2, -0.15) is 0 Å². The van der Waals surface area contributed by atoms with Gasteiger partial charge in [0, 0.05) is 11.1 Å². The molecular weight excluding hydrogens is 484 g/mol. The number of aliphatic imine (C=N–C) groups is 2. The third kappa shape index (κ3) is 6.50. The van der Waals surface area contributed by atoms with Crippen molar-refractivity contribution in [3.05, 3.63) is 130 Å². The van der Waals surface area contributed by atoms with Gasteiger partial charge in [0.2, 0.25) is 0 Å². The van der Waals surface area contributed by atoms with Gasteiger partial charge in [-0.1, -0.05) is 152 Å². The van der Waals surface area contributed by atoms with Gasteiger partial charge >= 0.3 is 0 Å². The van der Waals surface area contributed by atoms with Gasteiger partial charge in [0.25, 0.3) is 0 Å². The Morgan fingerprint density at radius 1 is 0.375 bits per heavy atom. The first-order valence-corrected chi connectivity index (χ1v) is 14.7. The van der Waals surface area contributed by atoms with Crippen molar-refractivity contribution in [2.75, 3.05) is 0 Å². The number of hydrogen-bond acceptors (Lipinski definition) is 2. The first-order chi connectivity index (χ1) is 19.2. The fourth-order valence-electron chi connectivity index (χ4n) is 5.21. The van der Waals surface area contributed by atoms with E-state index in [9.17, 15) is 0 Å². The summed E-state index contributed by atoms with van der Waals surface area (Å²) in [5, 5.41) is 0. The second-order valence-electron chi connectivity index (χ2n) is 11.8. The Morgan fingerprint density at radius 2 is 0.650 bits per heavy atom. The zero-order chi connectivity index (χ0) is 28.8. The van der Waals surface area contributed by atoms with Gasteiger partial charge in [0.05, 0.1) is 22.8 Å². The van der Waals surface area contributed by atoms with Crippen LogP contribution in [0.15, 0.2) is 107 Å². The topological polar surface area (TPSA) is 24.7 Å². The quantitative estimate of drug-likeness (QED) is 0.193. The molecular formula is C38H44N2.